The minimum atomic E-state index is -0.0203. The molecule has 0 aromatic heterocycles. The summed E-state index contributed by atoms with van der Waals surface area (Å²) in [7, 11) is 0. The zero-order valence-electron chi connectivity index (χ0n) is 6.71. The Bertz CT molecular complexity index is 87.3. The summed E-state index contributed by atoms with van der Waals surface area (Å²) in [5.74, 6) is 0. The Morgan fingerprint density at radius 1 is 1.40 bits per heavy atom. The van der Waals surface area contributed by atoms with E-state index in [0.29, 0.717) is 0 Å². The molecule has 1 heterocycles. The fraction of sp³-hybridized carbons (Fsp3) is 1.00. The molecule has 0 spiro atoms. The molecular formula is C8H17NO. The Morgan fingerprint density at radius 3 is 2.50 bits per heavy atom. The maximum absolute atomic E-state index is 9.17. The third-order valence-corrected chi connectivity index (χ3v) is 2.10. The first kappa shape index (κ1) is 8.02. The lowest BCUT2D eigenvalue weighted by atomic mass is 10.1. The highest BCUT2D eigenvalue weighted by Gasteiger charge is 2.15. The summed E-state index contributed by atoms with van der Waals surface area (Å²) in [5.41, 5.74) is 0. The quantitative estimate of drug-likeness (QED) is 0.619. The number of rotatable bonds is 2. The molecule has 10 heavy (non-hydrogen) atoms. The van der Waals surface area contributed by atoms with Crippen molar-refractivity contribution in [2.45, 2.75) is 32.3 Å². The fourth-order valence-corrected chi connectivity index (χ4v) is 1.46. The van der Waals surface area contributed by atoms with Crippen molar-refractivity contribution in [3.05, 3.63) is 0 Å². The Morgan fingerprint density at radius 2 is 2.00 bits per heavy atom. The summed E-state index contributed by atoms with van der Waals surface area (Å²) in [6.07, 6.45) is 3.16. The van der Waals surface area contributed by atoms with Crippen molar-refractivity contribution in [1.82, 2.24) is 4.90 Å². The van der Waals surface area contributed by atoms with E-state index in [1.807, 2.05) is 0 Å². The van der Waals surface area contributed by atoms with Crippen LogP contribution in [0.4, 0.5) is 0 Å². The van der Waals surface area contributed by atoms with Crippen molar-refractivity contribution < 1.29 is 5.11 Å². The van der Waals surface area contributed by atoms with Gasteiger partial charge in [0, 0.05) is 13.1 Å². The second-order valence-electron chi connectivity index (χ2n) is 3.07. The average Bonchev–Trinajstić information content (AvgIpc) is 1.95. The van der Waals surface area contributed by atoms with E-state index in [1.54, 1.807) is 0 Å². The molecule has 0 aromatic rings. The van der Waals surface area contributed by atoms with Crippen LogP contribution < -0.4 is 0 Å². The average molecular weight is 143 g/mol. The lowest BCUT2D eigenvalue weighted by Gasteiger charge is -2.28. The van der Waals surface area contributed by atoms with E-state index < -0.39 is 0 Å². The van der Waals surface area contributed by atoms with Gasteiger partial charge in [-0.3, -0.25) is 0 Å². The minimum absolute atomic E-state index is 0.0203. The van der Waals surface area contributed by atoms with Crippen molar-refractivity contribution in [3.8, 4) is 0 Å². The first-order valence-corrected chi connectivity index (χ1v) is 4.23. The molecule has 0 radical (unpaired) electrons. The van der Waals surface area contributed by atoms with Crippen molar-refractivity contribution >= 4 is 0 Å². The number of piperidine rings is 1. The maximum atomic E-state index is 9.17. The summed E-state index contributed by atoms with van der Waals surface area (Å²) in [6, 6.07) is 0. The number of hydrogen-bond donors (Lipinski definition) is 1. The van der Waals surface area contributed by atoms with E-state index in [9.17, 15) is 0 Å². The molecule has 1 rings (SSSR count). The number of nitrogens with zero attached hydrogens (tertiary/aromatic N) is 1. The Labute approximate surface area is 62.8 Å². The van der Waals surface area contributed by atoms with Gasteiger partial charge in [-0.05, 0) is 25.8 Å². The lowest BCUT2D eigenvalue weighted by molar-refractivity contribution is 0.0827. The van der Waals surface area contributed by atoms with Crippen molar-refractivity contribution in [3.63, 3.8) is 0 Å². The van der Waals surface area contributed by atoms with Gasteiger partial charge in [0.15, 0.2) is 0 Å². The van der Waals surface area contributed by atoms with Crippen LogP contribution >= 0.6 is 0 Å². The molecule has 2 heteroatoms. The van der Waals surface area contributed by atoms with Gasteiger partial charge in [-0.1, -0.05) is 6.92 Å². The molecular weight excluding hydrogens is 126 g/mol. The maximum Gasteiger partial charge on any atom is 0.0564 e. The van der Waals surface area contributed by atoms with E-state index in [1.165, 1.54) is 13.0 Å². The van der Waals surface area contributed by atoms with Gasteiger partial charge in [-0.25, -0.2) is 0 Å². The molecule has 0 saturated carbocycles. The molecule has 2 nitrogen and oxygen atoms in total. The molecule has 1 aliphatic rings. The predicted octanol–water partition coefficient (Wildman–Crippen LogP) is 0.853. The van der Waals surface area contributed by atoms with Crippen LogP contribution in [0.15, 0.2) is 0 Å². The molecule has 0 atom stereocenters. The summed E-state index contributed by atoms with van der Waals surface area (Å²) in [4.78, 5) is 2.42. The molecule has 1 N–H and O–H groups in total. The predicted molar refractivity (Wildman–Crippen MR) is 42.0 cm³/mol. The molecule has 0 amide bonds. The summed E-state index contributed by atoms with van der Waals surface area (Å²) < 4.78 is 0. The highest BCUT2D eigenvalue weighted by Crippen LogP contribution is 2.09. The molecule has 1 fully saturated rings. The van der Waals surface area contributed by atoms with Crippen LogP contribution in [-0.4, -0.2) is 35.7 Å². The van der Waals surface area contributed by atoms with Crippen molar-refractivity contribution in [1.29, 1.82) is 0 Å². The summed E-state index contributed by atoms with van der Waals surface area (Å²) in [6.45, 7) is 5.59. The Kier molecular flexibility index (Phi) is 3.16. The molecule has 60 valence electrons. The molecule has 1 aliphatic heterocycles. The summed E-state index contributed by atoms with van der Waals surface area (Å²) in [5, 5.41) is 9.17. The molecule has 0 unspecified atom stereocenters. The number of hydrogen-bond acceptors (Lipinski definition) is 2. The van der Waals surface area contributed by atoms with Gasteiger partial charge < -0.3 is 10.0 Å². The Hall–Kier alpha value is -0.0800. The zero-order valence-corrected chi connectivity index (χ0v) is 6.71. The molecule has 0 aliphatic carbocycles. The number of likely N-dealkylation sites (tertiary alicyclic amines) is 1. The lowest BCUT2D eigenvalue weighted by Crippen LogP contribution is -2.36. The first-order chi connectivity index (χ1) is 4.83. The smallest absolute Gasteiger partial charge is 0.0564 e. The van der Waals surface area contributed by atoms with Gasteiger partial charge in [0.25, 0.3) is 0 Å². The van der Waals surface area contributed by atoms with Crippen LogP contribution in [0.1, 0.15) is 26.2 Å². The zero-order chi connectivity index (χ0) is 7.40. The summed E-state index contributed by atoms with van der Waals surface area (Å²) >= 11 is 0. The van der Waals surface area contributed by atoms with Gasteiger partial charge in [0.2, 0.25) is 0 Å². The second kappa shape index (κ2) is 3.94. The first-order valence-electron chi connectivity index (χ1n) is 4.23. The van der Waals surface area contributed by atoms with E-state index in [0.717, 1.165) is 25.9 Å². The second-order valence-corrected chi connectivity index (χ2v) is 3.07. The SMILES string of the molecule is CCCN1CCC(O)CC1. The van der Waals surface area contributed by atoms with Gasteiger partial charge in [0.1, 0.15) is 0 Å². The van der Waals surface area contributed by atoms with Crippen LogP contribution in [0.25, 0.3) is 0 Å². The molecule has 0 bridgehead atoms. The topological polar surface area (TPSA) is 23.5 Å². The van der Waals surface area contributed by atoms with E-state index in [4.69, 9.17) is 5.11 Å². The van der Waals surface area contributed by atoms with Crippen LogP contribution in [0.2, 0.25) is 0 Å². The monoisotopic (exact) mass is 143 g/mol. The third kappa shape index (κ3) is 2.27. The number of aliphatic hydroxyl groups excluding tert-OH is 1. The Balaban J connectivity index is 2.13. The highest BCUT2D eigenvalue weighted by molar-refractivity contribution is 4.69. The van der Waals surface area contributed by atoms with Crippen LogP contribution in [-0.2, 0) is 0 Å². The van der Waals surface area contributed by atoms with Gasteiger partial charge >= 0.3 is 0 Å². The van der Waals surface area contributed by atoms with Gasteiger partial charge in [-0.15, -0.1) is 0 Å². The van der Waals surface area contributed by atoms with E-state index >= 15 is 0 Å². The van der Waals surface area contributed by atoms with Crippen LogP contribution in [0.3, 0.4) is 0 Å². The highest BCUT2D eigenvalue weighted by atomic mass is 16.3. The van der Waals surface area contributed by atoms with Crippen molar-refractivity contribution in [2.24, 2.45) is 0 Å². The fourth-order valence-electron chi connectivity index (χ4n) is 1.46. The normalized spacial score (nSPS) is 23.4. The standard InChI is InChI=1S/C8H17NO/c1-2-5-9-6-3-8(10)4-7-9/h8,10H,2-7H2,1H3. The van der Waals surface area contributed by atoms with E-state index in [2.05, 4.69) is 11.8 Å². The van der Waals surface area contributed by atoms with Crippen molar-refractivity contribution in [2.75, 3.05) is 19.6 Å². The molecule has 0 aromatic carbocycles. The third-order valence-electron chi connectivity index (χ3n) is 2.10. The molecule has 1 saturated heterocycles. The number of aliphatic hydroxyl groups is 1. The van der Waals surface area contributed by atoms with Crippen LogP contribution in [0.5, 0.6) is 0 Å². The minimum Gasteiger partial charge on any atom is -0.393 e. The van der Waals surface area contributed by atoms with E-state index in [-0.39, 0.29) is 6.10 Å². The van der Waals surface area contributed by atoms with Gasteiger partial charge in [0.05, 0.1) is 6.10 Å². The van der Waals surface area contributed by atoms with Crippen LogP contribution in [0, 0.1) is 0 Å². The largest absolute Gasteiger partial charge is 0.393 e. The van der Waals surface area contributed by atoms with Gasteiger partial charge in [-0.2, -0.15) is 0 Å².